The second kappa shape index (κ2) is 7.92. The molecular weight excluding hydrogens is 258 g/mol. The first kappa shape index (κ1) is 14.8. The molecule has 0 aliphatic rings. The average Bonchev–Trinajstić information content (AvgIpc) is 2.35. The highest BCUT2D eigenvalue weighted by atomic mass is 35.5. The maximum absolute atomic E-state index is 11.0. The Kier molecular flexibility index (Phi) is 6.49. The van der Waals surface area contributed by atoms with Crippen molar-refractivity contribution >= 4 is 23.3 Å². The van der Waals surface area contributed by atoms with E-state index >= 15 is 0 Å². The van der Waals surface area contributed by atoms with Gasteiger partial charge in [0.25, 0.3) is 0 Å². The lowest BCUT2D eigenvalue weighted by Gasteiger charge is -2.10. The van der Waals surface area contributed by atoms with Gasteiger partial charge in [0.1, 0.15) is 0 Å². The quantitative estimate of drug-likeness (QED) is 0.630. The third-order valence-electron chi connectivity index (χ3n) is 2.23. The summed E-state index contributed by atoms with van der Waals surface area (Å²) in [5, 5.41) is 20.9. The molecule has 100 valence electrons. The van der Waals surface area contributed by atoms with E-state index in [0.29, 0.717) is 30.5 Å². The minimum Gasteiger partial charge on any atom is -0.478 e. The Labute approximate surface area is 110 Å². The molecule has 6 heteroatoms. The van der Waals surface area contributed by atoms with E-state index in [1.807, 2.05) is 0 Å². The lowest BCUT2D eigenvalue weighted by atomic mass is 10.2. The number of anilines is 1. The zero-order valence-corrected chi connectivity index (χ0v) is 10.6. The van der Waals surface area contributed by atoms with Gasteiger partial charge in [0.2, 0.25) is 0 Å². The number of carbonyl (C=O) groups is 1. The van der Waals surface area contributed by atoms with Crippen LogP contribution in [0.1, 0.15) is 16.8 Å². The van der Waals surface area contributed by atoms with E-state index in [2.05, 4.69) is 5.32 Å². The third kappa shape index (κ3) is 4.91. The molecule has 0 aliphatic heterocycles. The highest BCUT2D eigenvalue weighted by molar-refractivity contribution is 6.31. The topological polar surface area (TPSA) is 78.8 Å². The van der Waals surface area contributed by atoms with Gasteiger partial charge < -0.3 is 20.3 Å². The molecule has 0 atom stereocenters. The van der Waals surface area contributed by atoms with Crippen molar-refractivity contribution in [3.63, 3.8) is 0 Å². The molecule has 3 N–H and O–H groups in total. The summed E-state index contributed by atoms with van der Waals surface area (Å²) < 4.78 is 5.09. The number of nitrogens with one attached hydrogen (secondary N) is 1. The predicted molar refractivity (Wildman–Crippen MR) is 69.4 cm³/mol. The lowest BCUT2D eigenvalue weighted by Crippen LogP contribution is -2.10. The fourth-order valence-corrected chi connectivity index (χ4v) is 1.58. The molecule has 0 fully saturated rings. The fraction of sp³-hybridized carbons (Fsp3) is 0.417. The smallest absolute Gasteiger partial charge is 0.337 e. The average molecular weight is 274 g/mol. The monoisotopic (exact) mass is 273 g/mol. The molecule has 0 aliphatic carbocycles. The number of aliphatic hydroxyl groups is 1. The highest BCUT2D eigenvalue weighted by Gasteiger charge is 2.09. The number of hydrogen-bond acceptors (Lipinski definition) is 4. The zero-order valence-electron chi connectivity index (χ0n) is 9.86. The first-order chi connectivity index (χ1) is 8.65. The van der Waals surface area contributed by atoms with Crippen LogP contribution in [0, 0.1) is 0 Å². The van der Waals surface area contributed by atoms with Crippen molar-refractivity contribution in [1.29, 1.82) is 0 Å². The summed E-state index contributed by atoms with van der Waals surface area (Å²) in [6.07, 6.45) is 0.724. The molecule has 5 nitrogen and oxygen atoms in total. The summed E-state index contributed by atoms with van der Waals surface area (Å²) in [6.45, 7) is 1.44. The minimum absolute atomic E-state index is 0.00771. The Morgan fingerprint density at radius 2 is 2.17 bits per heavy atom. The number of aromatic carboxylic acids is 1. The van der Waals surface area contributed by atoms with Gasteiger partial charge in [-0.25, -0.2) is 4.79 Å². The summed E-state index contributed by atoms with van der Waals surface area (Å²) in [4.78, 5) is 11.0. The maximum atomic E-state index is 11.0. The van der Waals surface area contributed by atoms with Crippen LogP contribution >= 0.6 is 11.6 Å². The largest absolute Gasteiger partial charge is 0.478 e. The van der Waals surface area contributed by atoms with Gasteiger partial charge in [-0.05, 0) is 24.6 Å². The molecule has 0 bridgehead atoms. The van der Waals surface area contributed by atoms with E-state index in [1.54, 1.807) is 12.1 Å². The molecule has 0 saturated carbocycles. The fourth-order valence-electron chi connectivity index (χ4n) is 1.41. The number of ether oxygens (including phenoxy) is 1. The number of carboxylic acid groups (broad SMARTS) is 1. The Balaban J connectivity index is 2.44. The van der Waals surface area contributed by atoms with Gasteiger partial charge in [-0.15, -0.1) is 0 Å². The van der Waals surface area contributed by atoms with Crippen molar-refractivity contribution in [2.24, 2.45) is 0 Å². The second-order valence-electron chi connectivity index (χ2n) is 3.61. The first-order valence-electron chi connectivity index (χ1n) is 5.60. The molecule has 0 unspecified atom stereocenters. The molecule has 0 saturated heterocycles. The Morgan fingerprint density at radius 1 is 1.39 bits per heavy atom. The van der Waals surface area contributed by atoms with Crippen molar-refractivity contribution in [2.75, 3.05) is 31.7 Å². The first-order valence-corrected chi connectivity index (χ1v) is 5.98. The van der Waals surface area contributed by atoms with E-state index in [4.69, 9.17) is 26.6 Å². The van der Waals surface area contributed by atoms with Gasteiger partial charge in [0, 0.05) is 23.9 Å². The number of rotatable bonds is 8. The summed E-state index contributed by atoms with van der Waals surface area (Å²) in [6, 6.07) is 4.69. The summed E-state index contributed by atoms with van der Waals surface area (Å²) in [7, 11) is 0. The van der Waals surface area contributed by atoms with Gasteiger partial charge in [-0.2, -0.15) is 0 Å². The van der Waals surface area contributed by atoms with Gasteiger partial charge in [0.15, 0.2) is 0 Å². The van der Waals surface area contributed by atoms with E-state index in [1.165, 1.54) is 6.07 Å². The molecule has 0 aromatic heterocycles. The van der Waals surface area contributed by atoms with Crippen molar-refractivity contribution < 1.29 is 19.7 Å². The Hall–Kier alpha value is -1.30. The molecule has 0 heterocycles. The SMILES string of the molecule is O=C(O)c1cc(Cl)ccc1NCCCOCCO. The maximum Gasteiger partial charge on any atom is 0.337 e. The van der Waals surface area contributed by atoms with Crippen LogP contribution in [-0.2, 0) is 4.74 Å². The van der Waals surface area contributed by atoms with Crippen molar-refractivity contribution in [3.8, 4) is 0 Å². The van der Waals surface area contributed by atoms with Crippen LogP contribution in [0.25, 0.3) is 0 Å². The van der Waals surface area contributed by atoms with Gasteiger partial charge >= 0.3 is 5.97 Å². The minimum atomic E-state index is -1.02. The van der Waals surface area contributed by atoms with E-state index in [9.17, 15) is 4.79 Å². The number of benzene rings is 1. The number of aliphatic hydroxyl groups excluding tert-OH is 1. The number of halogens is 1. The van der Waals surface area contributed by atoms with Crippen LogP contribution in [-0.4, -0.2) is 42.5 Å². The molecule has 0 radical (unpaired) electrons. The molecule has 18 heavy (non-hydrogen) atoms. The van der Waals surface area contributed by atoms with E-state index < -0.39 is 5.97 Å². The van der Waals surface area contributed by atoms with Crippen LogP contribution in [0.2, 0.25) is 5.02 Å². The molecular formula is C12H16ClNO4. The highest BCUT2D eigenvalue weighted by Crippen LogP contribution is 2.20. The number of hydrogen-bond donors (Lipinski definition) is 3. The predicted octanol–water partition coefficient (Wildman–Crippen LogP) is 1.85. The van der Waals surface area contributed by atoms with Crippen LogP contribution in [0.3, 0.4) is 0 Å². The summed E-state index contributed by atoms with van der Waals surface area (Å²) >= 11 is 5.74. The molecule has 1 aromatic carbocycles. The van der Waals surface area contributed by atoms with Gasteiger partial charge in [-0.3, -0.25) is 0 Å². The van der Waals surface area contributed by atoms with Gasteiger partial charge in [-0.1, -0.05) is 11.6 Å². The molecule has 1 rings (SSSR count). The van der Waals surface area contributed by atoms with Crippen molar-refractivity contribution in [2.45, 2.75) is 6.42 Å². The summed E-state index contributed by atoms with van der Waals surface area (Å²) in [5.74, 6) is -1.02. The van der Waals surface area contributed by atoms with Crippen molar-refractivity contribution in [3.05, 3.63) is 28.8 Å². The van der Waals surface area contributed by atoms with Crippen LogP contribution in [0.4, 0.5) is 5.69 Å². The van der Waals surface area contributed by atoms with Crippen LogP contribution in [0.5, 0.6) is 0 Å². The number of carboxylic acids is 1. The third-order valence-corrected chi connectivity index (χ3v) is 2.46. The van der Waals surface area contributed by atoms with E-state index in [-0.39, 0.29) is 12.2 Å². The molecule has 0 spiro atoms. The zero-order chi connectivity index (χ0) is 13.4. The molecule has 0 amide bonds. The normalized spacial score (nSPS) is 10.3. The molecule has 1 aromatic rings. The standard InChI is InChI=1S/C12H16ClNO4/c13-9-2-3-11(10(8-9)12(16)17)14-4-1-6-18-7-5-15/h2-3,8,14-15H,1,4-7H2,(H,16,17). The second-order valence-corrected chi connectivity index (χ2v) is 4.05. The Bertz CT molecular complexity index is 398. The lowest BCUT2D eigenvalue weighted by molar-refractivity contribution is 0.0698. The Morgan fingerprint density at radius 3 is 2.83 bits per heavy atom. The van der Waals surface area contributed by atoms with Crippen LogP contribution < -0.4 is 5.32 Å². The van der Waals surface area contributed by atoms with Gasteiger partial charge in [0.05, 0.1) is 18.8 Å². The van der Waals surface area contributed by atoms with Crippen LogP contribution in [0.15, 0.2) is 18.2 Å². The van der Waals surface area contributed by atoms with Crippen molar-refractivity contribution in [1.82, 2.24) is 0 Å². The summed E-state index contributed by atoms with van der Waals surface area (Å²) in [5.41, 5.74) is 0.688. The van der Waals surface area contributed by atoms with E-state index in [0.717, 1.165) is 6.42 Å².